The molecule has 0 bridgehead atoms. The van der Waals surface area contributed by atoms with E-state index in [0.717, 1.165) is 42.1 Å². The molecule has 3 aromatic carbocycles. The van der Waals surface area contributed by atoms with E-state index < -0.39 is 53.9 Å². The van der Waals surface area contributed by atoms with Gasteiger partial charge in [-0.25, -0.2) is 4.79 Å². The van der Waals surface area contributed by atoms with Crippen LogP contribution in [0.15, 0.2) is 72.8 Å². The number of benzene rings is 3. The second-order valence-corrected chi connectivity index (χ2v) is 22.8. The van der Waals surface area contributed by atoms with E-state index in [4.69, 9.17) is 23.4 Å². The van der Waals surface area contributed by atoms with Crippen LogP contribution in [0.4, 0.5) is 23.7 Å². The third kappa shape index (κ3) is 10.7. The Labute approximate surface area is 341 Å². The van der Waals surface area contributed by atoms with Crippen LogP contribution in [0, 0.1) is 0 Å². The highest BCUT2D eigenvalue weighted by Gasteiger charge is 2.51. The lowest BCUT2D eigenvalue weighted by atomic mass is 9.84. The van der Waals surface area contributed by atoms with Crippen molar-refractivity contribution in [3.63, 3.8) is 0 Å². The number of halogens is 3. The molecule has 320 valence electrons. The maximum Gasteiger partial charge on any atom is 0.534 e. The zero-order chi connectivity index (χ0) is 42.3. The summed E-state index contributed by atoms with van der Waals surface area (Å²) in [4.78, 5) is 17.8. The van der Waals surface area contributed by atoms with Crippen LogP contribution in [0.3, 0.4) is 0 Å². The van der Waals surface area contributed by atoms with Gasteiger partial charge in [0.1, 0.15) is 24.7 Å². The number of piperidine rings is 1. The molecule has 0 N–H and O–H groups in total. The van der Waals surface area contributed by atoms with Gasteiger partial charge in [0, 0.05) is 32.7 Å². The van der Waals surface area contributed by atoms with Crippen molar-refractivity contribution in [1.82, 2.24) is 4.90 Å². The zero-order valence-corrected chi connectivity index (χ0v) is 36.2. The standard InChI is InChI=1S/C42H57F3N2O9SSi/c1-29(2)58(30(3)4,31(5)6)56-39-26-47(41(48)54-27-32-12-9-8-10-13-32)25-38(40(39)34-15-17-35(18-16-34)55-57(49,50)42(43,44)45)53-28-33-14-19-37-36(24-33)46(21-23-52-37)20-11-22-51-7/h8-10,12-19,24,29-31,38-40H,11,20-23,25-28H2,1-7H3/t38-,39+,40+/m0/s1. The van der Waals surface area contributed by atoms with Crippen LogP contribution >= 0.6 is 0 Å². The van der Waals surface area contributed by atoms with E-state index in [1.54, 1.807) is 24.1 Å². The normalized spacial score (nSPS) is 19.0. The van der Waals surface area contributed by atoms with Crippen molar-refractivity contribution >= 4 is 30.2 Å². The van der Waals surface area contributed by atoms with Gasteiger partial charge in [-0.3, -0.25) is 0 Å². The Balaban J connectivity index is 1.53. The number of fused-ring (bicyclic) bond motifs is 1. The van der Waals surface area contributed by atoms with E-state index in [1.807, 2.05) is 48.5 Å². The van der Waals surface area contributed by atoms with E-state index in [9.17, 15) is 26.4 Å². The molecule has 0 saturated carbocycles. The third-order valence-corrected chi connectivity index (χ3v) is 18.2. The van der Waals surface area contributed by atoms with Crippen LogP contribution < -0.4 is 13.8 Å². The first-order valence-electron chi connectivity index (χ1n) is 19.8. The van der Waals surface area contributed by atoms with Crippen molar-refractivity contribution in [2.75, 3.05) is 51.4 Å². The Morgan fingerprint density at radius 1 is 0.879 bits per heavy atom. The number of amides is 1. The summed E-state index contributed by atoms with van der Waals surface area (Å²) in [6.45, 7) is 16.2. The fourth-order valence-corrected chi connectivity index (χ4v) is 14.5. The highest BCUT2D eigenvalue weighted by Crippen LogP contribution is 2.46. The first-order chi connectivity index (χ1) is 27.5. The minimum atomic E-state index is -5.88. The molecule has 2 aliphatic rings. The molecule has 58 heavy (non-hydrogen) atoms. The SMILES string of the molecule is COCCCN1CCOc2ccc(CO[C@H]3CN(C(=O)OCc4ccccc4)C[C@@H](O[Si](C(C)C)(C(C)C)C(C)C)[C@@H]3c3ccc(OS(=O)(=O)C(F)(F)F)cc3)cc21. The number of carbonyl (C=O) groups is 1. The average Bonchev–Trinajstić information content (AvgIpc) is 3.18. The van der Waals surface area contributed by atoms with Gasteiger partial charge in [-0.15, -0.1) is 0 Å². The lowest BCUT2D eigenvalue weighted by molar-refractivity contribution is -0.0663. The molecule has 2 aliphatic heterocycles. The number of likely N-dealkylation sites (tertiary alicyclic amines) is 1. The minimum absolute atomic E-state index is 0.0691. The Hall–Kier alpha value is -3.83. The highest BCUT2D eigenvalue weighted by molar-refractivity contribution is 7.88. The minimum Gasteiger partial charge on any atom is -0.490 e. The van der Waals surface area contributed by atoms with Crippen molar-refractivity contribution in [3.05, 3.63) is 89.5 Å². The zero-order valence-electron chi connectivity index (χ0n) is 34.4. The molecule has 1 amide bonds. The predicted molar refractivity (Wildman–Crippen MR) is 218 cm³/mol. The molecule has 1 fully saturated rings. The number of anilines is 1. The van der Waals surface area contributed by atoms with Gasteiger partial charge in [0.15, 0.2) is 0 Å². The summed E-state index contributed by atoms with van der Waals surface area (Å²) >= 11 is 0. The highest BCUT2D eigenvalue weighted by atomic mass is 32.2. The molecule has 0 radical (unpaired) electrons. The predicted octanol–water partition coefficient (Wildman–Crippen LogP) is 9.03. The Morgan fingerprint density at radius 3 is 2.16 bits per heavy atom. The van der Waals surface area contributed by atoms with E-state index in [0.29, 0.717) is 18.8 Å². The average molecular weight is 851 g/mol. The molecule has 5 rings (SSSR count). The van der Waals surface area contributed by atoms with Crippen molar-refractivity contribution in [2.24, 2.45) is 0 Å². The largest absolute Gasteiger partial charge is 0.534 e. The summed E-state index contributed by atoms with van der Waals surface area (Å²) in [5.74, 6) is -0.239. The van der Waals surface area contributed by atoms with Crippen molar-refractivity contribution in [1.29, 1.82) is 0 Å². The lowest BCUT2D eigenvalue weighted by Crippen LogP contribution is -2.59. The topological polar surface area (TPSA) is 113 Å². The van der Waals surface area contributed by atoms with Gasteiger partial charge in [0.2, 0.25) is 8.32 Å². The monoisotopic (exact) mass is 850 g/mol. The number of ether oxygens (including phenoxy) is 4. The van der Waals surface area contributed by atoms with E-state index in [1.165, 1.54) is 12.1 Å². The number of hydrogen-bond acceptors (Lipinski definition) is 10. The summed E-state index contributed by atoms with van der Waals surface area (Å²) in [7, 11) is -6.84. The van der Waals surface area contributed by atoms with Gasteiger partial charge in [0.05, 0.1) is 37.6 Å². The number of hydrogen-bond donors (Lipinski definition) is 0. The summed E-state index contributed by atoms with van der Waals surface area (Å²) in [6.07, 6.45) is -0.996. The fraction of sp³-hybridized carbons (Fsp3) is 0.548. The molecule has 1 saturated heterocycles. The number of carbonyl (C=O) groups excluding carboxylic acids is 1. The lowest BCUT2D eigenvalue weighted by Gasteiger charge is -2.50. The summed E-state index contributed by atoms with van der Waals surface area (Å²) in [5.41, 5.74) is -1.76. The number of nitrogens with zero attached hydrogens (tertiary/aromatic N) is 2. The fourth-order valence-electron chi connectivity index (χ4n) is 8.46. The van der Waals surface area contributed by atoms with Crippen LogP contribution in [-0.4, -0.2) is 91.9 Å². The molecule has 16 heteroatoms. The van der Waals surface area contributed by atoms with E-state index in [-0.39, 0.29) is 42.9 Å². The van der Waals surface area contributed by atoms with Crippen LogP contribution in [0.25, 0.3) is 0 Å². The van der Waals surface area contributed by atoms with Crippen molar-refractivity contribution in [2.45, 2.75) is 101 Å². The van der Waals surface area contributed by atoms with Crippen LogP contribution in [0.1, 0.15) is 70.6 Å². The van der Waals surface area contributed by atoms with E-state index >= 15 is 0 Å². The summed E-state index contributed by atoms with van der Waals surface area (Å²) in [6, 6.07) is 20.8. The Morgan fingerprint density at radius 2 is 1.53 bits per heavy atom. The first kappa shape index (κ1) is 45.3. The molecule has 0 unspecified atom stereocenters. The van der Waals surface area contributed by atoms with Gasteiger partial charge in [-0.2, -0.15) is 21.6 Å². The van der Waals surface area contributed by atoms with Gasteiger partial charge in [-0.05, 0) is 64.0 Å². The second kappa shape index (κ2) is 19.5. The molecule has 11 nitrogen and oxygen atoms in total. The molecular weight excluding hydrogens is 794 g/mol. The second-order valence-electron chi connectivity index (χ2n) is 15.8. The van der Waals surface area contributed by atoms with Gasteiger partial charge < -0.3 is 37.4 Å². The smallest absolute Gasteiger partial charge is 0.490 e. The maximum absolute atomic E-state index is 13.9. The molecule has 0 spiro atoms. The quantitative estimate of drug-likeness (QED) is 0.0565. The third-order valence-electron chi connectivity index (χ3n) is 11.1. The van der Waals surface area contributed by atoms with Crippen LogP contribution in [-0.2, 0) is 42.0 Å². The molecule has 2 heterocycles. The molecule has 3 aromatic rings. The number of methoxy groups -OCH3 is 1. The Bertz CT molecular complexity index is 1880. The van der Waals surface area contributed by atoms with Gasteiger partial charge in [0.25, 0.3) is 0 Å². The van der Waals surface area contributed by atoms with Crippen LogP contribution in [0.2, 0.25) is 16.6 Å². The summed E-state index contributed by atoms with van der Waals surface area (Å²) in [5, 5.41) is 0. The molecule has 3 atom stereocenters. The van der Waals surface area contributed by atoms with Crippen molar-refractivity contribution in [3.8, 4) is 11.5 Å². The van der Waals surface area contributed by atoms with Crippen molar-refractivity contribution < 1.29 is 53.9 Å². The van der Waals surface area contributed by atoms with Crippen LogP contribution in [0.5, 0.6) is 11.5 Å². The molecular formula is C42H57F3N2O9SSi. The maximum atomic E-state index is 13.9. The van der Waals surface area contributed by atoms with E-state index in [2.05, 4.69) is 50.6 Å². The summed E-state index contributed by atoms with van der Waals surface area (Å²) < 4.78 is 99.1. The van der Waals surface area contributed by atoms with Gasteiger partial charge in [-0.1, -0.05) is 90.1 Å². The van der Waals surface area contributed by atoms with Gasteiger partial charge >= 0.3 is 21.7 Å². The Kier molecular flexibility index (Phi) is 15.2. The first-order valence-corrected chi connectivity index (χ1v) is 23.4. The molecule has 0 aromatic heterocycles. The molecule has 0 aliphatic carbocycles. The number of rotatable bonds is 17. The number of alkyl halides is 3.